The second kappa shape index (κ2) is 5.56. The van der Waals surface area contributed by atoms with Gasteiger partial charge in [0.15, 0.2) is 0 Å². The highest BCUT2D eigenvalue weighted by Crippen LogP contribution is 2.28. The molecular formula is C17H17FN2O. The maximum atomic E-state index is 13.3. The van der Waals surface area contributed by atoms with Crippen LogP contribution in [-0.2, 0) is 0 Å². The number of nitrogen functional groups attached to an aromatic ring is 1. The van der Waals surface area contributed by atoms with Gasteiger partial charge in [0.25, 0.3) is 5.91 Å². The summed E-state index contributed by atoms with van der Waals surface area (Å²) < 4.78 is 13.3. The maximum Gasteiger partial charge on any atom is 0.256 e. The molecule has 1 amide bonds. The van der Waals surface area contributed by atoms with E-state index < -0.39 is 5.82 Å². The van der Waals surface area contributed by atoms with Gasteiger partial charge in [0, 0.05) is 24.7 Å². The molecule has 3 nitrogen and oxygen atoms in total. The summed E-state index contributed by atoms with van der Waals surface area (Å²) in [5.74, 6) is -0.290. The predicted molar refractivity (Wildman–Crippen MR) is 80.5 cm³/mol. The molecule has 108 valence electrons. The molecular weight excluding hydrogens is 267 g/mol. The van der Waals surface area contributed by atoms with Crippen LogP contribution in [0.15, 0.2) is 48.5 Å². The van der Waals surface area contributed by atoms with E-state index in [1.807, 2.05) is 18.2 Å². The molecule has 1 atom stereocenters. The van der Waals surface area contributed by atoms with Gasteiger partial charge in [-0.05, 0) is 30.2 Å². The zero-order valence-corrected chi connectivity index (χ0v) is 11.6. The molecule has 0 saturated carbocycles. The number of halogens is 1. The van der Waals surface area contributed by atoms with Gasteiger partial charge in [-0.15, -0.1) is 0 Å². The lowest BCUT2D eigenvalue weighted by atomic mass is 9.99. The SMILES string of the molecule is Nc1ccc(F)cc1C(=O)N1CCC(c2ccccc2)C1. The van der Waals surface area contributed by atoms with Crippen LogP contribution in [-0.4, -0.2) is 23.9 Å². The third-order valence-electron chi connectivity index (χ3n) is 3.99. The average molecular weight is 284 g/mol. The first-order valence-corrected chi connectivity index (χ1v) is 7.04. The van der Waals surface area contributed by atoms with Gasteiger partial charge in [0.05, 0.1) is 5.56 Å². The number of likely N-dealkylation sites (tertiary alicyclic amines) is 1. The molecule has 1 aliphatic rings. The zero-order valence-electron chi connectivity index (χ0n) is 11.6. The van der Waals surface area contributed by atoms with E-state index in [2.05, 4.69) is 12.1 Å². The molecule has 3 rings (SSSR count). The largest absolute Gasteiger partial charge is 0.398 e. The van der Waals surface area contributed by atoms with Gasteiger partial charge in [-0.1, -0.05) is 30.3 Å². The quantitative estimate of drug-likeness (QED) is 0.862. The lowest BCUT2D eigenvalue weighted by Crippen LogP contribution is -2.29. The molecule has 1 fully saturated rings. The van der Waals surface area contributed by atoms with E-state index in [-0.39, 0.29) is 11.5 Å². The summed E-state index contributed by atoms with van der Waals surface area (Å²) in [5.41, 5.74) is 7.60. The predicted octanol–water partition coefficient (Wildman–Crippen LogP) is 3.04. The molecule has 1 unspecified atom stereocenters. The second-order valence-corrected chi connectivity index (χ2v) is 5.38. The van der Waals surface area contributed by atoms with Gasteiger partial charge >= 0.3 is 0 Å². The summed E-state index contributed by atoms with van der Waals surface area (Å²) in [4.78, 5) is 14.2. The van der Waals surface area contributed by atoms with Crippen molar-refractivity contribution in [2.24, 2.45) is 0 Å². The maximum absolute atomic E-state index is 13.3. The highest BCUT2D eigenvalue weighted by Gasteiger charge is 2.28. The molecule has 0 radical (unpaired) electrons. The summed E-state index contributed by atoms with van der Waals surface area (Å²) in [5, 5.41) is 0. The minimum Gasteiger partial charge on any atom is -0.398 e. The fourth-order valence-electron chi connectivity index (χ4n) is 2.83. The van der Waals surface area contributed by atoms with Crippen molar-refractivity contribution < 1.29 is 9.18 Å². The Morgan fingerprint density at radius 3 is 2.71 bits per heavy atom. The van der Waals surface area contributed by atoms with Crippen molar-refractivity contribution in [3.8, 4) is 0 Å². The van der Waals surface area contributed by atoms with E-state index >= 15 is 0 Å². The van der Waals surface area contributed by atoms with Crippen LogP contribution in [0.2, 0.25) is 0 Å². The number of benzene rings is 2. The molecule has 0 bridgehead atoms. The molecule has 2 aromatic carbocycles. The first kappa shape index (κ1) is 13.6. The van der Waals surface area contributed by atoms with Gasteiger partial charge in [-0.2, -0.15) is 0 Å². The Bertz CT molecular complexity index is 657. The van der Waals surface area contributed by atoms with Crippen LogP contribution in [0, 0.1) is 5.82 Å². The Labute approximate surface area is 123 Å². The van der Waals surface area contributed by atoms with Crippen LogP contribution in [0.25, 0.3) is 0 Å². The molecule has 0 aromatic heterocycles. The van der Waals surface area contributed by atoms with Crippen molar-refractivity contribution in [2.75, 3.05) is 18.8 Å². The first-order valence-electron chi connectivity index (χ1n) is 7.04. The number of nitrogens with zero attached hydrogens (tertiary/aromatic N) is 1. The molecule has 4 heteroatoms. The Morgan fingerprint density at radius 1 is 1.19 bits per heavy atom. The molecule has 2 aromatic rings. The van der Waals surface area contributed by atoms with Gasteiger partial charge < -0.3 is 10.6 Å². The second-order valence-electron chi connectivity index (χ2n) is 5.38. The molecule has 21 heavy (non-hydrogen) atoms. The number of carbonyl (C=O) groups excluding carboxylic acids is 1. The lowest BCUT2D eigenvalue weighted by Gasteiger charge is -2.18. The van der Waals surface area contributed by atoms with Crippen LogP contribution in [0.3, 0.4) is 0 Å². The standard InChI is InChI=1S/C17H17FN2O/c18-14-6-7-16(19)15(10-14)17(21)20-9-8-13(11-20)12-4-2-1-3-5-12/h1-7,10,13H,8-9,11,19H2. The summed E-state index contributed by atoms with van der Waals surface area (Å²) >= 11 is 0. The number of anilines is 1. The van der Waals surface area contributed by atoms with Crippen molar-refractivity contribution >= 4 is 11.6 Å². The Hall–Kier alpha value is -2.36. The van der Waals surface area contributed by atoms with Crippen molar-refractivity contribution in [1.29, 1.82) is 0 Å². The number of hydrogen-bond acceptors (Lipinski definition) is 2. The van der Waals surface area contributed by atoms with Crippen LogP contribution >= 0.6 is 0 Å². The average Bonchev–Trinajstić information content (AvgIpc) is 3.00. The van der Waals surface area contributed by atoms with Crippen molar-refractivity contribution in [3.63, 3.8) is 0 Å². The van der Waals surface area contributed by atoms with E-state index in [0.29, 0.717) is 24.7 Å². The van der Waals surface area contributed by atoms with Crippen LogP contribution in [0.1, 0.15) is 28.3 Å². The van der Waals surface area contributed by atoms with Gasteiger partial charge in [-0.25, -0.2) is 4.39 Å². The molecule has 1 saturated heterocycles. The van der Waals surface area contributed by atoms with Crippen molar-refractivity contribution in [3.05, 3.63) is 65.5 Å². The molecule has 2 N–H and O–H groups in total. The molecule has 0 spiro atoms. The highest BCUT2D eigenvalue weighted by molar-refractivity contribution is 5.99. The Kier molecular flexibility index (Phi) is 3.60. The fraction of sp³-hybridized carbons (Fsp3) is 0.235. The van der Waals surface area contributed by atoms with E-state index in [1.165, 1.54) is 23.8 Å². The minimum atomic E-state index is -0.439. The number of hydrogen-bond donors (Lipinski definition) is 1. The van der Waals surface area contributed by atoms with E-state index in [0.717, 1.165) is 6.42 Å². The summed E-state index contributed by atoms with van der Waals surface area (Å²) in [6.45, 7) is 1.33. The third kappa shape index (κ3) is 2.75. The zero-order chi connectivity index (χ0) is 14.8. The minimum absolute atomic E-state index is 0.189. The number of carbonyl (C=O) groups is 1. The summed E-state index contributed by atoms with van der Waals surface area (Å²) in [7, 11) is 0. The fourth-order valence-corrected chi connectivity index (χ4v) is 2.83. The van der Waals surface area contributed by atoms with Crippen LogP contribution < -0.4 is 5.73 Å². The van der Waals surface area contributed by atoms with Gasteiger partial charge in [-0.3, -0.25) is 4.79 Å². The third-order valence-corrected chi connectivity index (χ3v) is 3.99. The molecule has 0 aliphatic carbocycles. The summed E-state index contributed by atoms with van der Waals surface area (Å²) in [6.07, 6.45) is 0.922. The van der Waals surface area contributed by atoms with Gasteiger partial charge in [0.2, 0.25) is 0 Å². The van der Waals surface area contributed by atoms with E-state index in [4.69, 9.17) is 5.73 Å². The lowest BCUT2D eigenvalue weighted by molar-refractivity contribution is 0.0791. The molecule has 1 aliphatic heterocycles. The van der Waals surface area contributed by atoms with Crippen molar-refractivity contribution in [1.82, 2.24) is 4.90 Å². The number of amides is 1. The Morgan fingerprint density at radius 2 is 1.95 bits per heavy atom. The normalized spacial score (nSPS) is 18.0. The first-order chi connectivity index (χ1) is 10.1. The summed E-state index contributed by atoms with van der Waals surface area (Å²) in [6, 6.07) is 14.1. The number of nitrogens with two attached hydrogens (primary N) is 1. The van der Waals surface area contributed by atoms with Crippen molar-refractivity contribution in [2.45, 2.75) is 12.3 Å². The van der Waals surface area contributed by atoms with Crippen LogP contribution in [0.4, 0.5) is 10.1 Å². The monoisotopic (exact) mass is 284 g/mol. The van der Waals surface area contributed by atoms with Crippen LogP contribution in [0.5, 0.6) is 0 Å². The van der Waals surface area contributed by atoms with E-state index in [1.54, 1.807) is 4.90 Å². The topological polar surface area (TPSA) is 46.3 Å². The smallest absolute Gasteiger partial charge is 0.256 e. The van der Waals surface area contributed by atoms with E-state index in [9.17, 15) is 9.18 Å². The Balaban J connectivity index is 1.77. The van der Waals surface area contributed by atoms with Gasteiger partial charge in [0.1, 0.15) is 5.82 Å². The molecule has 1 heterocycles. The number of rotatable bonds is 2. The highest BCUT2D eigenvalue weighted by atomic mass is 19.1.